The first kappa shape index (κ1) is 38.5. The highest BCUT2D eigenvalue weighted by Crippen LogP contribution is 2.23. The number of para-hydroxylation sites is 4. The summed E-state index contributed by atoms with van der Waals surface area (Å²) in [6, 6.07) is 44.5. The zero-order chi connectivity index (χ0) is 38.0. The smallest absolute Gasteiger partial charge is 0.130 e. The predicted octanol–water partition coefficient (Wildman–Crippen LogP) is 6.86. The van der Waals surface area contributed by atoms with E-state index in [0.717, 1.165) is 94.2 Å². The molecule has 0 spiro atoms. The first-order chi connectivity index (χ1) is 27.8. The summed E-state index contributed by atoms with van der Waals surface area (Å²) in [6.45, 7) is 7.37. The van der Waals surface area contributed by atoms with E-state index >= 15 is 0 Å². The van der Waals surface area contributed by atoms with Gasteiger partial charge in [0.25, 0.3) is 0 Å². The van der Waals surface area contributed by atoms with Crippen molar-refractivity contribution in [2.24, 2.45) is 0 Å². The molecule has 0 atom stereocenters. The number of aromatic nitrogens is 2. The Bertz CT molecular complexity index is 1840. The Labute approximate surface area is 329 Å². The molecule has 0 fully saturated rings. The van der Waals surface area contributed by atoms with Crippen LogP contribution in [-0.4, -0.2) is 36.1 Å². The third-order valence-corrected chi connectivity index (χ3v) is 9.34. The highest BCUT2D eigenvalue weighted by atomic mass is 16.5. The van der Waals surface area contributed by atoms with Gasteiger partial charge in [-0.15, -0.1) is 0 Å². The zero-order valence-electron chi connectivity index (χ0n) is 31.7. The molecular weight excluding hydrogens is 701 g/mol. The average molecular weight is 751 g/mol. The average Bonchev–Trinajstić information content (AvgIpc) is 3.24. The Morgan fingerprint density at radius 1 is 0.304 bits per heavy atom. The van der Waals surface area contributed by atoms with Gasteiger partial charge in [0.05, 0.1) is 22.8 Å². The summed E-state index contributed by atoms with van der Waals surface area (Å²) in [6.07, 6.45) is 0. The second-order valence-electron chi connectivity index (χ2n) is 13.5. The monoisotopic (exact) mass is 750 g/mol. The van der Waals surface area contributed by atoms with Crippen molar-refractivity contribution in [2.75, 3.05) is 26.2 Å². The van der Waals surface area contributed by atoms with Crippen molar-refractivity contribution in [1.82, 2.24) is 31.2 Å². The van der Waals surface area contributed by atoms with E-state index in [-0.39, 0.29) is 0 Å². The van der Waals surface area contributed by atoms with Gasteiger partial charge in [0.1, 0.15) is 49.4 Å². The van der Waals surface area contributed by atoms with Crippen molar-refractivity contribution >= 4 is 0 Å². The van der Waals surface area contributed by atoms with Crippen LogP contribution < -0.4 is 40.2 Å². The number of rotatable bonds is 0. The van der Waals surface area contributed by atoms with Crippen molar-refractivity contribution in [3.63, 3.8) is 0 Å². The molecule has 7 rings (SSSR count). The summed E-state index contributed by atoms with van der Waals surface area (Å²) in [7, 11) is 0. The third-order valence-electron chi connectivity index (χ3n) is 9.34. The molecule has 4 N–H and O–H groups in total. The molecular formula is C46H50N6O4. The Hall–Kier alpha value is -5.78. The molecule has 1 aliphatic rings. The van der Waals surface area contributed by atoms with Gasteiger partial charge in [-0.2, -0.15) is 0 Å². The van der Waals surface area contributed by atoms with Crippen LogP contribution in [0.5, 0.6) is 23.0 Å². The van der Waals surface area contributed by atoms with E-state index in [9.17, 15) is 0 Å². The van der Waals surface area contributed by atoms with Crippen LogP contribution in [0.4, 0.5) is 0 Å². The minimum absolute atomic E-state index is 0.364. The second kappa shape index (κ2) is 20.8. The van der Waals surface area contributed by atoms with Crippen molar-refractivity contribution < 1.29 is 18.9 Å². The van der Waals surface area contributed by atoms with E-state index in [1.165, 1.54) is 0 Å². The zero-order valence-corrected chi connectivity index (χ0v) is 31.7. The summed E-state index contributed by atoms with van der Waals surface area (Å²) in [4.78, 5) is 9.67. The fourth-order valence-electron chi connectivity index (χ4n) is 6.40. The molecule has 288 valence electrons. The maximum atomic E-state index is 6.28. The van der Waals surface area contributed by atoms with Crippen molar-refractivity contribution in [2.45, 2.75) is 52.6 Å². The molecule has 2 aromatic heterocycles. The van der Waals surface area contributed by atoms with E-state index in [1.54, 1.807) is 0 Å². The fourth-order valence-corrected chi connectivity index (χ4v) is 6.40. The summed E-state index contributed by atoms with van der Waals surface area (Å²) in [5.74, 6) is 3.37. The number of hydrogen-bond acceptors (Lipinski definition) is 10. The number of hydrogen-bond donors (Lipinski definition) is 4. The van der Waals surface area contributed by atoms with Gasteiger partial charge in [0.2, 0.25) is 0 Å². The third kappa shape index (κ3) is 11.6. The van der Waals surface area contributed by atoms with Gasteiger partial charge in [0, 0.05) is 74.6 Å². The summed E-state index contributed by atoms with van der Waals surface area (Å²) >= 11 is 0. The lowest BCUT2D eigenvalue weighted by Gasteiger charge is -2.15. The highest BCUT2D eigenvalue weighted by molar-refractivity contribution is 5.36. The first-order valence-corrected chi connectivity index (χ1v) is 19.3. The molecule has 56 heavy (non-hydrogen) atoms. The van der Waals surface area contributed by atoms with Gasteiger partial charge in [-0.1, -0.05) is 84.9 Å². The van der Waals surface area contributed by atoms with E-state index in [1.807, 2.05) is 109 Å². The van der Waals surface area contributed by atoms with Crippen molar-refractivity contribution in [3.8, 4) is 23.0 Å². The van der Waals surface area contributed by atoms with Crippen LogP contribution in [0, 0.1) is 0 Å². The number of nitrogens with one attached hydrogen (secondary N) is 4. The lowest BCUT2D eigenvalue weighted by molar-refractivity contribution is 0.286. The SMILES string of the molecule is c1cc2nc(c1)COc1ccccc1CNCCNCc1ccccc1OCc1cccc(n1)COc1ccccc1CNCCNCc1ccccc1OC2. The van der Waals surface area contributed by atoms with Gasteiger partial charge in [-0.3, -0.25) is 9.97 Å². The van der Waals surface area contributed by atoms with Crippen molar-refractivity contribution in [3.05, 3.63) is 178 Å². The van der Waals surface area contributed by atoms with Crippen LogP contribution in [0.3, 0.4) is 0 Å². The van der Waals surface area contributed by atoms with Crippen molar-refractivity contribution in [1.29, 1.82) is 0 Å². The van der Waals surface area contributed by atoms with Gasteiger partial charge in [-0.25, -0.2) is 0 Å². The Morgan fingerprint density at radius 2 is 0.554 bits per heavy atom. The van der Waals surface area contributed by atoms with E-state index in [4.69, 9.17) is 28.9 Å². The van der Waals surface area contributed by atoms with Crippen LogP contribution in [0.25, 0.3) is 0 Å². The molecule has 6 aromatic rings. The van der Waals surface area contributed by atoms with Gasteiger partial charge in [-0.05, 0) is 48.5 Å². The minimum Gasteiger partial charge on any atom is -0.487 e. The number of benzene rings is 4. The number of pyridine rings is 2. The lowest BCUT2D eigenvalue weighted by atomic mass is 10.2. The molecule has 1 aliphatic heterocycles. The predicted molar refractivity (Wildman–Crippen MR) is 218 cm³/mol. The summed E-state index contributed by atoms with van der Waals surface area (Å²) < 4.78 is 25.1. The second-order valence-corrected chi connectivity index (χ2v) is 13.5. The molecule has 4 aromatic carbocycles. The lowest BCUT2D eigenvalue weighted by Crippen LogP contribution is -2.27. The molecule has 0 unspecified atom stereocenters. The van der Waals surface area contributed by atoms with Gasteiger partial charge < -0.3 is 40.2 Å². The number of nitrogens with zero attached hydrogens (tertiary/aromatic N) is 2. The maximum Gasteiger partial charge on any atom is 0.130 e. The molecule has 0 amide bonds. The quantitative estimate of drug-likeness (QED) is 0.131. The molecule has 0 saturated carbocycles. The molecule has 0 radical (unpaired) electrons. The van der Waals surface area contributed by atoms with Crippen LogP contribution in [-0.2, 0) is 52.6 Å². The fraction of sp³-hybridized carbons (Fsp3) is 0.261. The van der Waals surface area contributed by atoms with E-state index < -0.39 is 0 Å². The van der Waals surface area contributed by atoms with Crippen LogP contribution in [0.1, 0.15) is 45.0 Å². The highest BCUT2D eigenvalue weighted by Gasteiger charge is 2.10. The maximum absolute atomic E-state index is 6.28. The number of ether oxygens (including phenoxy) is 4. The largest absolute Gasteiger partial charge is 0.487 e. The Balaban J connectivity index is 1.01. The normalized spacial score (nSPS) is 15.3. The molecule has 0 saturated heterocycles. The standard InChI is InChI=1S/C46H50N6O4/c1-5-19-43-35(11-1)27-47-23-24-48-28-36-12-2-6-20-44(36)55-33-41-17-10-18-42(52-41)34-56-46-22-8-4-14-38(46)30-50-26-25-49-29-37-13-3-7-21-45(37)54-32-40-16-9-15-39(51-40)31-53-43/h1-22,47-50H,23-34H2. The van der Waals surface area contributed by atoms with Crippen LogP contribution >= 0.6 is 0 Å². The number of fused-ring (bicyclic) bond motifs is 8. The molecule has 3 heterocycles. The molecule has 10 heteroatoms. The topological polar surface area (TPSA) is 111 Å². The summed E-state index contributed by atoms with van der Waals surface area (Å²) in [5, 5.41) is 14.2. The Kier molecular flexibility index (Phi) is 14.3. The van der Waals surface area contributed by atoms with E-state index in [2.05, 4.69) is 45.5 Å². The van der Waals surface area contributed by atoms with Crippen LogP contribution in [0.15, 0.2) is 133 Å². The Morgan fingerprint density at radius 3 is 0.821 bits per heavy atom. The minimum atomic E-state index is 0.364. The van der Waals surface area contributed by atoms with Crippen LogP contribution in [0.2, 0.25) is 0 Å². The first-order valence-electron chi connectivity index (χ1n) is 19.3. The molecule has 10 nitrogen and oxygen atoms in total. The van der Waals surface area contributed by atoms with Gasteiger partial charge >= 0.3 is 0 Å². The molecule has 4 bridgehead atoms. The summed E-state index contributed by atoms with van der Waals surface area (Å²) in [5.41, 5.74) is 7.77. The molecule has 0 aliphatic carbocycles. The van der Waals surface area contributed by atoms with E-state index in [0.29, 0.717) is 52.6 Å². The van der Waals surface area contributed by atoms with Gasteiger partial charge in [0.15, 0.2) is 0 Å².